The molecule has 0 aliphatic carbocycles. The normalized spacial score (nSPS) is 12.2. The summed E-state index contributed by atoms with van der Waals surface area (Å²) in [5.41, 5.74) is -0.237. The molecule has 8 nitrogen and oxygen atoms in total. The molecule has 3 rings (SSSR count). The summed E-state index contributed by atoms with van der Waals surface area (Å²) < 4.78 is 43.5. The molecule has 1 amide bonds. The van der Waals surface area contributed by atoms with Gasteiger partial charge in [-0.1, -0.05) is 38.1 Å². The number of nitrogens with zero attached hydrogens (tertiary/aromatic N) is 5. The van der Waals surface area contributed by atoms with Gasteiger partial charge in [0.2, 0.25) is 17.6 Å². The second kappa shape index (κ2) is 7.06. The van der Waals surface area contributed by atoms with E-state index < -0.39 is 17.6 Å². The fourth-order valence-corrected chi connectivity index (χ4v) is 2.25. The molecule has 148 valence electrons. The van der Waals surface area contributed by atoms with Gasteiger partial charge in [0.1, 0.15) is 6.54 Å². The molecule has 0 atom stereocenters. The van der Waals surface area contributed by atoms with Crippen molar-refractivity contribution in [2.24, 2.45) is 0 Å². The second-order valence-electron chi connectivity index (χ2n) is 7.10. The van der Waals surface area contributed by atoms with Gasteiger partial charge in [-0.2, -0.15) is 18.0 Å². The Morgan fingerprint density at radius 2 is 1.96 bits per heavy atom. The Kier molecular flexibility index (Phi) is 4.92. The van der Waals surface area contributed by atoms with Crippen LogP contribution in [0.1, 0.15) is 32.0 Å². The third-order valence-corrected chi connectivity index (χ3v) is 3.73. The topological polar surface area (TPSA) is 98.7 Å². The SMILES string of the molecule is CC(C)(C)c1cc(NC(=O)Cn2nnc(-c3cccc(C(F)(F)F)c3)n2)on1. The van der Waals surface area contributed by atoms with Gasteiger partial charge in [0.15, 0.2) is 0 Å². The van der Waals surface area contributed by atoms with E-state index in [1.807, 2.05) is 20.8 Å². The van der Waals surface area contributed by atoms with Gasteiger partial charge in [-0.05, 0) is 17.3 Å². The van der Waals surface area contributed by atoms with E-state index in [0.717, 1.165) is 16.9 Å². The lowest BCUT2D eigenvalue weighted by Crippen LogP contribution is -2.20. The zero-order chi connectivity index (χ0) is 20.5. The minimum atomic E-state index is -4.48. The summed E-state index contributed by atoms with van der Waals surface area (Å²) in [6.45, 7) is 5.55. The molecule has 0 radical (unpaired) electrons. The minimum Gasteiger partial charge on any atom is -0.338 e. The van der Waals surface area contributed by atoms with Crippen molar-refractivity contribution in [2.45, 2.75) is 38.9 Å². The average Bonchev–Trinajstić information content (AvgIpc) is 3.23. The Morgan fingerprint density at radius 1 is 1.21 bits per heavy atom. The Morgan fingerprint density at radius 3 is 2.61 bits per heavy atom. The lowest BCUT2D eigenvalue weighted by Gasteiger charge is -2.12. The summed E-state index contributed by atoms with van der Waals surface area (Å²) >= 11 is 0. The number of benzene rings is 1. The zero-order valence-electron chi connectivity index (χ0n) is 15.3. The van der Waals surface area contributed by atoms with Gasteiger partial charge in [0.25, 0.3) is 0 Å². The van der Waals surface area contributed by atoms with Crippen molar-refractivity contribution in [2.75, 3.05) is 5.32 Å². The van der Waals surface area contributed by atoms with Gasteiger partial charge < -0.3 is 4.52 Å². The highest BCUT2D eigenvalue weighted by Crippen LogP contribution is 2.31. The van der Waals surface area contributed by atoms with Crippen LogP contribution in [-0.2, 0) is 22.9 Å². The number of anilines is 1. The molecule has 3 aromatic rings. The van der Waals surface area contributed by atoms with Crippen LogP contribution in [0.25, 0.3) is 11.4 Å². The summed E-state index contributed by atoms with van der Waals surface area (Å²) in [5.74, 6) is -0.341. The first kappa shape index (κ1) is 19.5. The molecule has 0 saturated carbocycles. The number of hydrogen-bond donors (Lipinski definition) is 1. The monoisotopic (exact) mass is 394 g/mol. The van der Waals surface area contributed by atoms with Crippen molar-refractivity contribution in [1.82, 2.24) is 25.4 Å². The highest BCUT2D eigenvalue weighted by Gasteiger charge is 2.30. The maximum atomic E-state index is 12.8. The van der Waals surface area contributed by atoms with Crippen molar-refractivity contribution in [3.63, 3.8) is 0 Å². The van der Waals surface area contributed by atoms with Gasteiger partial charge in [-0.25, -0.2) is 0 Å². The van der Waals surface area contributed by atoms with Gasteiger partial charge in [-0.3, -0.25) is 10.1 Å². The molecule has 0 saturated heterocycles. The number of carbonyl (C=O) groups is 1. The quantitative estimate of drug-likeness (QED) is 0.729. The van der Waals surface area contributed by atoms with Crippen LogP contribution < -0.4 is 5.32 Å². The highest BCUT2D eigenvalue weighted by molar-refractivity contribution is 5.89. The lowest BCUT2D eigenvalue weighted by molar-refractivity contribution is -0.137. The number of tetrazole rings is 1. The Balaban J connectivity index is 1.68. The van der Waals surface area contributed by atoms with Crippen LogP contribution >= 0.6 is 0 Å². The van der Waals surface area contributed by atoms with Crippen molar-refractivity contribution >= 4 is 11.8 Å². The molecule has 0 bridgehead atoms. The number of aromatic nitrogens is 5. The predicted molar refractivity (Wildman–Crippen MR) is 92.1 cm³/mol. The van der Waals surface area contributed by atoms with E-state index in [1.54, 1.807) is 6.07 Å². The average molecular weight is 394 g/mol. The van der Waals surface area contributed by atoms with Crippen molar-refractivity contribution in [1.29, 1.82) is 0 Å². The Labute approximate surface area is 157 Å². The van der Waals surface area contributed by atoms with Crippen LogP contribution in [-0.4, -0.2) is 31.3 Å². The van der Waals surface area contributed by atoms with Gasteiger partial charge in [0, 0.05) is 17.0 Å². The van der Waals surface area contributed by atoms with Crippen LogP contribution in [0.2, 0.25) is 0 Å². The van der Waals surface area contributed by atoms with E-state index >= 15 is 0 Å². The number of carbonyl (C=O) groups excluding carboxylic acids is 1. The first-order valence-electron chi connectivity index (χ1n) is 8.25. The molecule has 1 N–H and O–H groups in total. The van der Waals surface area contributed by atoms with Crippen LogP contribution in [0.15, 0.2) is 34.9 Å². The van der Waals surface area contributed by atoms with E-state index in [0.29, 0.717) is 5.69 Å². The molecule has 11 heteroatoms. The summed E-state index contributed by atoms with van der Waals surface area (Å²) in [7, 11) is 0. The molecular formula is C17H17F3N6O2. The maximum absolute atomic E-state index is 12.8. The molecule has 2 aromatic heterocycles. The molecular weight excluding hydrogens is 377 g/mol. The Hall–Kier alpha value is -3.24. The van der Waals surface area contributed by atoms with Gasteiger partial charge in [0.05, 0.1) is 11.3 Å². The van der Waals surface area contributed by atoms with E-state index in [1.165, 1.54) is 12.1 Å². The van der Waals surface area contributed by atoms with Crippen LogP contribution in [0, 0.1) is 0 Å². The first-order valence-corrected chi connectivity index (χ1v) is 8.25. The minimum absolute atomic E-state index is 0.0198. The largest absolute Gasteiger partial charge is 0.416 e. The number of alkyl halides is 3. The van der Waals surface area contributed by atoms with E-state index in [9.17, 15) is 18.0 Å². The molecule has 1 aromatic carbocycles. The van der Waals surface area contributed by atoms with Gasteiger partial charge in [-0.15, -0.1) is 10.2 Å². The smallest absolute Gasteiger partial charge is 0.338 e. The molecule has 28 heavy (non-hydrogen) atoms. The van der Waals surface area contributed by atoms with Crippen molar-refractivity contribution < 1.29 is 22.5 Å². The molecule has 2 heterocycles. The molecule has 0 spiro atoms. The molecule has 0 fully saturated rings. The molecule has 0 aliphatic rings. The summed E-state index contributed by atoms with van der Waals surface area (Å²) in [6, 6.07) is 6.16. The molecule has 0 aliphatic heterocycles. The van der Waals surface area contributed by atoms with Gasteiger partial charge >= 0.3 is 6.18 Å². The van der Waals surface area contributed by atoms with Crippen LogP contribution in [0.5, 0.6) is 0 Å². The lowest BCUT2D eigenvalue weighted by atomic mass is 9.92. The van der Waals surface area contributed by atoms with Crippen LogP contribution in [0.4, 0.5) is 19.1 Å². The fraction of sp³-hybridized carbons (Fsp3) is 0.353. The predicted octanol–water partition coefficient (Wildman–Crippen LogP) is 3.28. The summed E-state index contributed by atoms with van der Waals surface area (Å²) in [5, 5.41) is 17.8. The molecule has 0 unspecified atom stereocenters. The number of hydrogen-bond acceptors (Lipinski definition) is 6. The summed E-state index contributed by atoms with van der Waals surface area (Å²) in [4.78, 5) is 13.1. The second-order valence-corrected chi connectivity index (χ2v) is 7.10. The summed E-state index contributed by atoms with van der Waals surface area (Å²) in [6.07, 6.45) is -4.48. The third-order valence-electron chi connectivity index (χ3n) is 3.73. The van der Waals surface area contributed by atoms with E-state index in [2.05, 4.69) is 25.9 Å². The zero-order valence-corrected chi connectivity index (χ0v) is 15.3. The van der Waals surface area contributed by atoms with E-state index in [-0.39, 0.29) is 29.2 Å². The van der Waals surface area contributed by atoms with Crippen molar-refractivity contribution in [3.8, 4) is 11.4 Å². The fourth-order valence-electron chi connectivity index (χ4n) is 2.25. The Bertz CT molecular complexity index is 987. The number of amides is 1. The van der Waals surface area contributed by atoms with Crippen molar-refractivity contribution in [3.05, 3.63) is 41.6 Å². The number of rotatable bonds is 4. The maximum Gasteiger partial charge on any atom is 0.416 e. The third kappa shape index (κ3) is 4.53. The van der Waals surface area contributed by atoms with Crippen LogP contribution in [0.3, 0.4) is 0 Å². The van der Waals surface area contributed by atoms with E-state index in [4.69, 9.17) is 4.52 Å². The highest BCUT2D eigenvalue weighted by atomic mass is 19.4. The standard InChI is InChI=1S/C17H17F3N6O2/c1-16(2,3)12-8-14(28-24-12)21-13(27)9-26-23-15(22-25-26)10-5-4-6-11(7-10)17(18,19)20/h4-8H,9H2,1-3H3,(H,21,27). The number of nitrogens with one attached hydrogen (secondary N) is 1. The number of halogens is 3. The first-order chi connectivity index (χ1) is 13.0.